The van der Waals surface area contributed by atoms with Gasteiger partial charge < -0.3 is 4.90 Å². The van der Waals surface area contributed by atoms with Gasteiger partial charge in [-0.3, -0.25) is 0 Å². The third-order valence-electron chi connectivity index (χ3n) is 6.29. The zero-order valence-electron chi connectivity index (χ0n) is 18.5. The maximum absolute atomic E-state index is 5.03. The third kappa shape index (κ3) is 3.16. The third-order valence-corrected chi connectivity index (χ3v) is 6.29. The predicted octanol–water partition coefficient (Wildman–Crippen LogP) is 8.09. The fraction of sp³-hybridized carbons (Fsp3) is 0.138. The maximum Gasteiger partial charge on any atom is 0.0733 e. The number of anilines is 3. The van der Waals surface area contributed by atoms with E-state index in [1.54, 1.807) is 0 Å². The van der Waals surface area contributed by atoms with Crippen molar-refractivity contribution in [1.82, 2.24) is 4.98 Å². The molecule has 0 aliphatic carbocycles. The summed E-state index contributed by atoms with van der Waals surface area (Å²) in [6, 6.07) is 30.1. The predicted molar refractivity (Wildman–Crippen MR) is 133 cm³/mol. The van der Waals surface area contributed by atoms with Gasteiger partial charge in [0.25, 0.3) is 0 Å². The van der Waals surface area contributed by atoms with E-state index in [2.05, 4.69) is 118 Å². The van der Waals surface area contributed by atoms with Gasteiger partial charge in [-0.05, 0) is 74.2 Å². The summed E-state index contributed by atoms with van der Waals surface area (Å²) in [5, 5.41) is 2.38. The van der Waals surface area contributed by atoms with E-state index in [-0.39, 0.29) is 0 Å². The van der Waals surface area contributed by atoms with Gasteiger partial charge in [0.2, 0.25) is 0 Å². The van der Waals surface area contributed by atoms with Crippen LogP contribution in [0, 0.1) is 27.7 Å². The minimum absolute atomic E-state index is 1.01. The van der Waals surface area contributed by atoms with E-state index in [4.69, 9.17) is 4.98 Å². The molecular formula is C29H26N2. The highest BCUT2D eigenvalue weighted by Crippen LogP contribution is 2.45. The SMILES string of the molecule is Cc1ccccc1N(c1ccccc1C)c1c2ccccc2nc2ccc(C)c(C)c12. The minimum atomic E-state index is 1.01. The first-order chi connectivity index (χ1) is 15.1. The van der Waals surface area contributed by atoms with E-state index in [1.807, 2.05) is 0 Å². The molecule has 0 spiro atoms. The van der Waals surface area contributed by atoms with E-state index in [0.29, 0.717) is 0 Å². The molecule has 0 saturated carbocycles. The Morgan fingerprint density at radius 1 is 0.548 bits per heavy atom. The first-order valence-electron chi connectivity index (χ1n) is 10.8. The molecule has 0 unspecified atom stereocenters. The van der Waals surface area contributed by atoms with Crippen molar-refractivity contribution in [1.29, 1.82) is 0 Å². The second kappa shape index (κ2) is 7.55. The largest absolute Gasteiger partial charge is 0.309 e. The fourth-order valence-electron chi connectivity index (χ4n) is 4.46. The molecule has 0 bridgehead atoms. The zero-order chi connectivity index (χ0) is 21.5. The van der Waals surface area contributed by atoms with Gasteiger partial charge in [-0.1, -0.05) is 60.7 Å². The van der Waals surface area contributed by atoms with Crippen LogP contribution in [0.1, 0.15) is 22.3 Å². The Kier molecular flexibility index (Phi) is 4.71. The summed E-state index contributed by atoms with van der Waals surface area (Å²) in [5.74, 6) is 0. The summed E-state index contributed by atoms with van der Waals surface area (Å²) >= 11 is 0. The molecule has 2 heteroatoms. The molecule has 2 nitrogen and oxygen atoms in total. The number of hydrogen-bond acceptors (Lipinski definition) is 2. The molecule has 4 aromatic carbocycles. The molecule has 1 aromatic heterocycles. The minimum Gasteiger partial charge on any atom is -0.309 e. The van der Waals surface area contributed by atoms with Gasteiger partial charge in [-0.25, -0.2) is 4.98 Å². The molecule has 1 heterocycles. The van der Waals surface area contributed by atoms with Crippen LogP contribution >= 0.6 is 0 Å². The topological polar surface area (TPSA) is 16.1 Å². The van der Waals surface area contributed by atoms with Crippen molar-refractivity contribution in [2.24, 2.45) is 0 Å². The van der Waals surface area contributed by atoms with Crippen LogP contribution in [-0.2, 0) is 0 Å². The van der Waals surface area contributed by atoms with E-state index in [0.717, 1.165) is 16.4 Å². The van der Waals surface area contributed by atoms with Gasteiger partial charge >= 0.3 is 0 Å². The maximum atomic E-state index is 5.03. The van der Waals surface area contributed by atoms with Crippen LogP contribution in [0.3, 0.4) is 0 Å². The fourth-order valence-corrected chi connectivity index (χ4v) is 4.46. The number of rotatable bonds is 3. The monoisotopic (exact) mass is 402 g/mol. The smallest absolute Gasteiger partial charge is 0.0733 e. The molecule has 31 heavy (non-hydrogen) atoms. The van der Waals surface area contributed by atoms with Crippen molar-refractivity contribution in [2.75, 3.05) is 4.90 Å². The van der Waals surface area contributed by atoms with Gasteiger partial charge in [0.15, 0.2) is 0 Å². The number of aryl methyl sites for hydroxylation is 4. The number of pyridine rings is 1. The second-order valence-corrected chi connectivity index (χ2v) is 8.29. The first-order valence-corrected chi connectivity index (χ1v) is 10.8. The molecule has 0 fully saturated rings. The Labute approximate surface area is 183 Å². The summed E-state index contributed by atoms with van der Waals surface area (Å²) in [6.07, 6.45) is 0. The molecule has 5 rings (SSSR count). The normalized spacial score (nSPS) is 11.2. The highest BCUT2D eigenvalue weighted by atomic mass is 15.2. The first kappa shape index (κ1) is 19.3. The van der Waals surface area contributed by atoms with Crippen LogP contribution in [0.2, 0.25) is 0 Å². The summed E-state index contributed by atoms with van der Waals surface area (Å²) in [5.41, 5.74) is 10.7. The Hall–Kier alpha value is -3.65. The van der Waals surface area contributed by atoms with Crippen molar-refractivity contribution in [3.05, 3.63) is 107 Å². The quantitative estimate of drug-likeness (QED) is 0.283. The van der Waals surface area contributed by atoms with Crippen LogP contribution in [0.15, 0.2) is 84.9 Å². The van der Waals surface area contributed by atoms with E-state index in [9.17, 15) is 0 Å². The standard InChI is InChI=1S/C29H26N2/c1-19-17-18-25-28(22(19)4)29(23-13-7-8-14-24(23)30-25)31(26-15-9-5-11-20(26)2)27-16-10-6-12-21(27)3/h5-18H,1-4H3. The summed E-state index contributed by atoms with van der Waals surface area (Å²) in [7, 11) is 0. The molecule has 5 aromatic rings. The van der Waals surface area contributed by atoms with Crippen LogP contribution in [0.25, 0.3) is 21.8 Å². The molecule has 0 saturated heterocycles. The van der Waals surface area contributed by atoms with Gasteiger partial charge in [0.1, 0.15) is 0 Å². The van der Waals surface area contributed by atoms with Gasteiger partial charge in [0.05, 0.1) is 16.7 Å². The van der Waals surface area contributed by atoms with Crippen molar-refractivity contribution < 1.29 is 0 Å². The zero-order valence-corrected chi connectivity index (χ0v) is 18.5. The average Bonchev–Trinajstić information content (AvgIpc) is 2.78. The van der Waals surface area contributed by atoms with Gasteiger partial charge in [-0.2, -0.15) is 0 Å². The van der Waals surface area contributed by atoms with E-state index < -0.39 is 0 Å². The van der Waals surface area contributed by atoms with E-state index in [1.165, 1.54) is 44.7 Å². The number of nitrogens with zero attached hydrogens (tertiary/aromatic N) is 2. The average molecular weight is 403 g/mol. The van der Waals surface area contributed by atoms with Crippen LogP contribution in [0.5, 0.6) is 0 Å². The van der Waals surface area contributed by atoms with Crippen LogP contribution in [0.4, 0.5) is 17.1 Å². The molecule has 152 valence electrons. The lowest BCUT2D eigenvalue weighted by Gasteiger charge is -2.31. The molecule has 0 atom stereocenters. The Balaban J connectivity index is 2.01. The number of para-hydroxylation sites is 3. The molecule has 0 aliphatic heterocycles. The highest BCUT2D eigenvalue weighted by molar-refractivity contribution is 6.12. The molecule has 0 amide bonds. The number of hydrogen-bond donors (Lipinski definition) is 0. The van der Waals surface area contributed by atoms with Crippen molar-refractivity contribution in [3.8, 4) is 0 Å². The molecule has 0 aliphatic rings. The summed E-state index contributed by atoms with van der Waals surface area (Å²) in [4.78, 5) is 7.46. The van der Waals surface area contributed by atoms with Gasteiger partial charge in [-0.15, -0.1) is 0 Å². The Bertz CT molecular complexity index is 1390. The van der Waals surface area contributed by atoms with Crippen LogP contribution < -0.4 is 4.90 Å². The highest BCUT2D eigenvalue weighted by Gasteiger charge is 2.22. The Morgan fingerprint density at radius 2 is 1.13 bits per heavy atom. The lowest BCUT2D eigenvalue weighted by atomic mass is 9.97. The van der Waals surface area contributed by atoms with E-state index >= 15 is 0 Å². The Morgan fingerprint density at radius 3 is 1.77 bits per heavy atom. The summed E-state index contributed by atoms with van der Waals surface area (Å²) < 4.78 is 0. The molecule has 0 N–H and O–H groups in total. The number of aromatic nitrogens is 1. The van der Waals surface area contributed by atoms with Crippen molar-refractivity contribution in [2.45, 2.75) is 27.7 Å². The number of benzene rings is 4. The van der Waals surface area contributed by atoms with Crippen LogP contribution in [-0.4, -0.2) is 4.98 Å². The lowest BCUT2D eigenvalue weighted by molar-refractivity contribution is 1.23. The van der Waals surface area contributed by atoms with Gasteiger partial charge in [0, 0.05) is 22.1 Å². The molecular weight excluding hydrogens is 376 g/mol. The van der Waals surface area contributed by atoms with Crippen molar-refractivity contribution >= 4 is 38.9 Å². The second-order valence-electron chi connectivity index (χ2n) is 8.29. The molecule has 0 radical (unpaired) electrons. The number of fused-ring (bicyclic) bond motifs is 2. The van der Waals surface area contributed by atoms with Crippen molar-refractivity contribution in [3.63, 3.8) is 0 Å². The lowest BCUT2D eigenvalue weighted by Crippen LogP contribution is -2.14. The summed E-state index contributed by atoms with van der Waals surface area (Å²) in [6.45, 7) is 8.76.